The molecule has 0 saturated carbocycles. The molecule has 0 unspecified atom stereocenters. The zero-order chi connectivity index (χ0) is 26.6. The second-order valence-corrected chi connectivity index (χ2v) is 9.33. The lowest BCUT2D eigenvalue weighted by molar-refractivity contribution is -0.384. The summed E-state index contributed by atoms with van der Waals surface area (Å²) in [6, 6.07) is 22.6. The van der Waals surface area contributed by atoms with Gasteiger partial charge in [-0.1, -0.05) is 24.3 Å². The topological polar surface area (TPSA) is 114 Å². The van der Waals surface area contributed by atoms with Crippen molar-refractivity contribution in [2.45, 2.75) is 25.4 Å². The zero-order valence-electron chi connectivity index (χ0n) is 20.5. The van der Waals surface area contributed by atoms with E-state index in [9.17, 15) is 14.9 Å². The Labute approximate surface area is 224 Å². The molecule has 2 N–H and O–H groups in total. The number of thiocarbonyl (C=S) groups is 1. The molecule has 192 valence electrons. The smallest absolute Gasteiger partial charge is 0.269 e. The van der Waals surface area contributed by atoms with Crippen molar-refractivity contribution in [2.75, 3.05) is 11.9 Å². The molecular weight excluding hydrogens is 502 g/mol. The van der Waals surface area contributed by atoms with Gasteiger partial charge in [0.25, 0.3) is 5.69 Å². The average molecular weight is 528 g/mol. The van der Waals surface area contributed by atoms with Crippen LogP contribution in [0.1, 0.15) is 35.5 Å². The molecule has 0 radical (unpaired) electrons. The summed E-state index contributed by atoms with van der Waals surface area (Å²) >= 11 is 5.69. The Balaban J connectivity index is 1.40. The van der Waals surface area contributed by atoms with Gasteiger partial charge in [-0.2, -0.15) is 0 Å². The van der Waals surface area contributed by atoms with Crippen LogP contribution in [0, 0.1) is 17.0 Å². The van der Waals surface area contributed by atoms with Gasteiger partial charge in [0.2, 0.25) is 5.91 Å². The van der Waals surface area contributed by atoms with E-state index >= 15 is 0 Å². The number of furan rings is 1. The van der Waals surface area contributed by atoms with Gasteiger partial charge in [-0.05, 0) is 67.2 Å². The number of carbonyl (C=O) groups excluding carboxylic acids is 1. The number of rotatable bonds is 8. The first-order chi connectivity index (χ1) is 18.4. The van der Waals surface area contributed by atoms with E-state index in [1.54, 1.807) is 18.3 Å². The Bertz CT molecular complexity index is 1470. The minimum atomic E-state index is -0.437. The summed E-state index contributed by atoms with van der Waals surface area (Å²) in [6.07, 6.45) is 1.94. The maximum absolute atomic E-state index is 12.8. The third-order valence-corrected chi connectivity index (χ3v) is 6.83. The molecule has 0 aliphatic carbocycles. The highest BCUT2D eigenvalue weighted by Gasteiger charge is 2.41. The molecule has 3 heterocycles. The number of amides is 1. The number of anilines is 1. The fourth-order valence-electron chi connectivity index (χ4n) is 4.52. The van der Waals surface area contributed by atoms with Crippen molar-refractivity contribution < 1.29 is 14.1 Å². The number of hydrogen-bond donors (Lipinski definition) is 2. The maximum Gasteiger partial charge on any atom is 0.269 e. The average Bonchev–Trinajstić information content (AvgIpc) is 3.54. The predicted octanol–water partition coefficient (Wildman–Crippen LogP) is 5.56. The molecule has 4 aromatic rings. The number of aromatic nitrogens is 1. The summed E-state index contributed by atoms with van der Waals surface area (Å²) in [5, 5.41) is 17.8. The second kappa shape index (κ2) is 10.8. The highest BCUT2D eigenvalue weighted by Crippen LogP contribution is 2.40. The first-order valence-electron chi connectivity index (χ1n) is 12.1. The molecular formula is C28H25N5O4S. The van der Waals surface area contributed by atoms with Crippen molar-refractivity contribution in [1.29, 1.82) is 0 Å². The van der Waals surface area contributed by atoms with Crippen LogP contribution in [0.2, 0.25) is 0 Å². The van der Waals surface area contributed by atoms with Crippen molar-refractivity contribution in [1.82, 2.24) is 15.2 Å². The molecule has 1 aliphatic heterocycles. The molecule has 0 bridgehead atoms. The molecule has 10 heteroatoms. The number of non-ortho nitro benzene ring substituents is 1. The van der Waals surface area contributed by atoms with Crippen molar-refractivity contribution in [3.05, 3.63) is 112 Å². The van der Waals surface area contributed by atoms with Gasteiger partial charge in [0, 0.05) is 42.5 Å². The van der Waals surface area contributed by atoms with Crippen LogP contribution in [0.25, 0.3) is 11.3 Å². The lowest BCUT2D eigenvalue weighted by Crippen LogP contribution is -2.32. The van der Waals surface area contributed by atoms with Gasteiger partial charge in [-0.3, -0.25) is 19.9 Å². The van der Waals surface area contributed by atoms with Crippen molar-refractivity contribution >= 4 is 34.6 Å². The van der Waals surface area contributed by atoms with Crippen molar-refractivity contribution in [3.63, 3.8) is 0 Å². The monoisotopic (exact) mass is 527 g/mol. The van der Waals surface area contributed by atoms with Crippen molar-refractivity contribution in [2.24, 2.45) is 0 Å². The van der Waals surface area contributed by atoms with Crippen LogP contribution in [-0.2, 0) is 4.79 Å². The van der Waals surface area contributed by atoms with Crippen LogP contribution in [0.3, 0.4) is 0 Å². The van der Waals surface area contributed by atoms with Crippen molar-refractivity contribution in [3.8, 4) is 11.3 Å². The van der Waals surface area contributed by atoms with E-state index in [0.29, 0.717) is 28.7 Å². The van der Waals surface area contributed by atoms with Crippen LogP contribution in [-0.4, -0.2) is 32.4 Å². The summed E-state index contributed by atoms with van der Waals surface area (Å²) in [7, 11) is 0. The summed E-state index contributed by atoms with van der Waals surface area (Å²) in [4.78, 5) is 29.9. The number of para-hydroxylation sites is 1. The second-order valence-electron chi connectivity index (χ2n) is 8.94. The number of nitro benzene ring substituents is 1. The fourth-order valence-corrected chi connectivity index (χ4v) is 4.85. The molecule has 0 spiro atoms. The molecule has 1 fully saturated rings. The van der Waals surface area contributed by atoms with Gasteiger partial charge in [0.15, 0.2) is 5.11 Å². The van der Waals surface area contributed by atoms with Gasteiger partial charge in [-0.25, -0.2) is 0 Å². The number of hydrogen-bond acceptors (Lipinski definition) is 6. The third-order valence-electron chi connectivity index (χ3n) is 6.48. The van der Waals surface area contributed by atoms with E-state index in [1.807, 2.05) is 66.4 Å². The van der Waals surface area contributed by atoms with E-state index in [0.717, 1.165) is 16.9 Å². The van der Waals surface area contributed by atoms with E-state index in [-0.39, 0.29) is 30.1 Å². The number of aryl methyl sites for hydroxylation is 1. The zero-order valence-corrected chi connectivity index (χ0v) is 21.4. The molecule has 5 rings (SSSR count). The molecule has 9 nitrogen and oxygen atoms in total. The summed E-state index contributed by atoms with van der Waals surface area (Å²) < 4.78 is 6.26. The van der Waals surface area contributed by atoms with Crippen LogP contribution in [0.15, 0.2) is 89.5 Å². The van der Waals surface area contributed by atoms with Gasteiger partial charge in [-0.15, -0.1) is 0 Å². The summed E-state index contributed by atoms with van der Waals surface area (Å²) in [5.74, 6) is 1.10. The Kier molecular flexibility index (Phi) is 7.14. The fraction of sp³-hybridized carbons (Fsp3) is 0.179. The SMILES string of the molecule is Cc1ccccc1NC(=O)CCN1C(=S)N[C@@H](c2ccccn2)[C@H]1c1ccc(-c2ccc([N+](=O)[O-])cc2)o1. The predicted molar refractivity (Wildman–Crippen MR) is 147 cm³/mol. The first kappa shape index (κ1) is 25.1. The molecule has 2 atom stereocenters. The third kappa shape index (κ3) is 5.25. The molecule has 1 amide bonds. The molecule has 2 aromatic carbocycles. The quantitative estimate of drug-likeness (QED) is 0.174. The molecule has 38 heavy (non-hydrogen) atoms. The summed E-state index contributed by atoms with van der Waals surface area (Å²) in [6.45, 7) is 2.31. The van der Waals surface area contributed by atoms with E-state index in [1.165, 1.54) is 12.1 Å². The van der Waals surface area contributed by atoms with Crippen LogP contribution >= 0.6 is 12.2 Å². The maximum atomic E-state index is 12.8. The Morgan fingerprint density at radius 2 is 1.87 bits per heavy atom. The first-order valence-corrected chi connectivity index (χ1v) is 12.5. The Morgan fingerprint density at radius 3 is 2.58 bits per heavy atom. The molecule has 1 saturated heterocycles. The highest BCUT2D eigenvalue weighted by atomic mass is 32.1. The van der Waals surface area contributed by atoms with Crippen LogP contribution in [0.4, 0.5) is 11.4 Å². The van der Waals surface area contributed by atoms with Crippen LogP contribution in [0.5, 0.6) is 0 Å². The van der Waals surface area contributed by atoms with Gasteiger partial charge in [0.05, 0.1) is 16.7 Å². The number of nitrogens with zero attached hydrogens (tertiary/aromatic N) is 3. The molecule has 2 aromatic heterocycles. The van der Waals surface area contributed by atoms with Crippen LogP contribution < -0.4 is 10.6 Å². The number of nitrogens with one attached hydrogen (secondary N) is 2. The highest BCUT2D eigenvalue weighted by molar-refractivity contribution is 7.80. The lowest BCUT2D eigenvalue weighted by Gasteiger charge is -2.26. The number of carbonyl (C=O) groups is 1. The number of pyridine rings is 1. The molecule has 1 aliphatic rings. The van der Waals surface area contributed by atoms with E-state index in [4.69, 9.17) is 16.6 Å². The van der Waals surface area contributed by atoms with Gasteiger partial charge < -0.3 is 20.0 Å². The largest absolute Gasteiger partial charge is 0.459 e. The Morgan fingerprint density at radius 1 is 1.11 bits per heavy atom. The van der Waals surface area contributed by atoms with Gasteiger partial charge >= 0.3 is 0 Å². The number of nitro groups is 1. The van der Waals surface area contributed by atoms with E-state index < -0.39 is 4.92 Å². The minimum absolute atomic E-state index is 0.0104. The Hall–Kier alpha value is -4.57. The van der Waals surface area contributed by atoms with Gasteiger partial charge in [0.1, 0.15) is 17.6 Å². The number of benzene rings is 2. The summed E-state index contributed by atoms with van der Waals surface area (Å²) in [5.41, 5.74) is 3.29. The lowest BCUT2D eigenvalue weighted by atomic mass is 10.0. The minimum Gasteiger partial charge on any atom is -0.459 e. The standard InChI is InChI=1S/C28H25N5O4S/c1-18-6-2-3-7-21(18)30-25(34)15-17-32-27(26(31-28(32)38)22-8-4-5-16-29-22)24-14-13-23(37-24)19-9-11-20(12-10-19)33(35)36/h2-14,16,26-27H,15,17H2,1H3,(H,30,34)(H,31,38)/t26-,27+/m0/s1. The van der Waals surface area contributed by atoms with E-state index in [2.05, 4.69) is 15.6 Å². The normalized spacial score (nSPS) is 16.8.